The van der Waals surface area contributed by atoms with Gasteiger partial charge in [-0.05, 0) is 25.3 Å². The Morgan fingerprint density at radius 3 is 1.88 bits per heavy atom. The fourth-order valence-electron chi connectivity index (χ4n) is 3.20. The van der Waals surface area contributed by atoms with Crippen LogP contribution in [0, 0.1) is 0 Å². The molecule has 136 valence electrons. The fourth-order valence-corrected chi connectivity index (χ4v) is 3.49. The topological polar surface area (TPSA) is 17.1 Å². The first kappa shape index (κ1) is 21.2. The molecule has 0 aliphatic rings. The van der Waals surface area contributed by atoms with Gasteiger partial charge in [-0.1, -0.05) is 101 Å². The predicted molar refractivity (Wildman–Crippen MR) is 106 cm³/mol. The first-order valence-electron chi connectivity index (χ1n) is 9.82. The highest BCUT2D eigenvalue weighted by Gasteiger charge is 2.32. The monoisotopic (exact) mass is 350 g/mol. The van der Waals surface area contributed by atoms with Crippen LogP contribution in [-0.4, -0.2) is 10.7 Å². The van der Waals surface area contributed by atoms with E-state index < -0.39 is 4.87 Å². The van der Waals surface area contributed by atoms with Crippen molar-refractivity contribution in [2.75, 3.05) is 0 Å². The van der Waals surface area contributed by atoms with Gasteiger partial charge in [-0.2, -0.15) is 0 Å². The van der Waals surface area contributed by atoms with Crippen molar-refractivity contribution >= 4 is 17.4 Å². The number of carbonyl (C=O) groups is 1. The number of ketones is 1. The number of carbonyl (C=O) groups excluding carboxylic acids is 1. The molecule has 1 unspecified atom stereocenters. The van der Waals surface area contributed by atoms with Crippen LogP contribution >= 0.6 is 11.6 Å². The van der Waals surface area contributed by atoms with Crippen molar-refractivity contribution in [2.45, 2.75) is 95.8 Å². The van der Waals surface area contributed by atoms with Crippen LogP contribution in [0.25, 0.3) is 0 Å². The number of alkyl halides is 1. The lowest BCUT2D eigenvalue weighted by molar-refractivity contribution is -0.119. The van der Waals surface area contributed by atoms with Gasteiger partial charge in [0, 0.05) is 0 Å². The molecule has 1 atom stereocenters. The summed E-state index contributed by atoms with van der Waals surface area (Å²) in [5, 5.41) is 0. The number of benzene rings is 1. The molecule has 0 heterocycles. The smallest absolute Gasteiger partial charge is 0.151 e. The van der Waals surface area contributed by atoms with Crippen molar-refractivity contribution in [2.24, 2.45) is 0 Å². The van der Waals surface area contributed by atoms with Gasteiger partial charge in [0.2, 0.25) is 0 Å². The predicted octanol–water partition coefficient (Wildman–Crippen LogP) is 7.11. The minimum absolute atomic E-state index is 0.101. The maximum atomic E-state index is 12.0. The Hall–Kier alpha value is -0.820. The van der Waals surface area contributed by atoms with Gasteiger partial charge in [-0.3, -0.25) is 4.79 Å². The summed E-state index contributed by atoms with van der Waals surface area (Å²) in [6, 6.07) is 10.1. The second kappa shape index (κ2) is 12.5. The lowest BCUT2D eigenvalue weighted by Gasteiger charge is -2.24. The number of hydrogen-bond donors (Lipinski definition) is 0. The van der Waals surface area contributed by atoms with Crippen LogP contribution in [0.4, 0.5) is 0 Å². The highest BCUT2D eigenvalue weighted by molar-refractivity contribution is 6.35. The van der Waals surface area contributed by atoms with Gasteiger partial charge in [-0.15, -0.1) is 11.6 Å². The summed E-state index contributed by atoms with van der Waals surface area (Å²) in [4.78, 5) is 11.3. The first-order valence-corrected chi connectivity index (χ1v) is 10.2. The second-order valence-corrected chi connectivity index (χ2v) is 7.84. The average molecular weight is 351 g/mol. The SMILES string of the molecule is CCCCCCCCCCCCC(Cl)(Cc1ccccc1)C(C)=O. The van der Waals surface area contributed by atoms with Crippen LogP contribution in [0.5, 0.6) is 0 Å². The van der Waals surface area contributed by atoms with Crippen molar-refractivity contribution in [1.82, 2.24) is 0 Å². The quantitative estimate of drug-likeness (QED) is 0.258. The Balaban J connectivity index is 2.19. The molecule has 1 nitrogen and oxygen atoms in total. The summed E-state index contributed by atoms with van der Waals surface area (Å²) in [5.41, 5.74) is 1.15. The lowest BCUT2D eigenvalue weighted by atomic mass is 9.89. The van der Waals surface area contributed by atoms with Crippen molar-refractivity contribution in [3.05, 3.63) is 35.9 Å². The third-order valence-corrected chi connectivity index (χ3v) is 5.47. The van der Waals surface area contributed by atoms with Crippen LogP contribution in [0.1, 0.15) is 90.0 Å². The Kier molecular flexibility index (Phi) is 11.1. The molecule has 0 N–H and O–H groups in total. The van der Waals surface area contributed by atoms with E-state index >= 15 is 0 Å². The Labute approximate surface area is 154 Å². The molecule has 0 fully saturated rings. The molecule has 0 spiro atoms. The van der Waals surface area contributed by atoms with Crippen LogP contribution in [0.15, 0.2) is 30.3 Å². The molecule has 0 saturated heterocycles. The third-order valence-electron chi connectivity index (χ3n) is 4.88. The second-order valence-electron chi connectivity index (χ2n) is 7.12. The Morgan fingerprint density at radius 1 is 0.875 bits per heavy atom. The van der Waals surface area contributed by atoms with Gasteiger partial charge in [-0.25, -0.2) is 0 Å². The largest absolute Gasteiger partial charge is 0.298 e. The molecule has 0 amide bonds. The Morgan fingerprint density at radius 2 is 1.38 bits per heavy atom. The van der Waals surface area contributed by atoms with E-state index in [9.17, 15) is 4.79 Å². The number of unbranched alkanes of at least 4 members (excludes halogenated alkanes) is 9. The minimum atomic E-state index is -0.721. The molecule has 0 bridgehead atoms. The van der Waals surface area contributed by atoms with Gasteiger partial charge < -0.3 is 0 Å². The van der Waals surface area contributed by atoms with E-state index in [0.717, 1.165) is 18.4 Å². The van der Waals surface area contributed by atoms with E-state index in [1.165, 1.54) is 57.8 Å². The van der Waals surface area contributed by atoms with E-state index in [0.29, 0.717) is 6.42 Å². The molecule has 0 aromatic heterocycles. The zero-order chi connectivity index (χ0) is 17.7. The summed E-state index contributed by atoms with van der Waals surface area (Å²) < 4.78 is 0. The van der Waals surface area contributed by atoms with E-state index in [1.54, 1.807) is 6.92 Å². The summed E-state index contributed by atoms with van der Waals surface area (Å²) in [6.07, 6.45) is 14.5. The molecular formula is C22H35ClO. The molecule has 0 saturated carbocycles. The Bertz CT molecular complexity index is 443. The molecule has 2 heteroatoms. The summed E-state index contributed by atoms with van der Waals surface area (Å²) in [5.74, 6) is 0.101. The molecule has 24 heavy (non-hydrogen) atoms. The lowest BCUT2D eigenvalue weighted by Crippen LogP contribution is -2.33. The van der Waals surface area contributed by atoms with Crippen LogP contribution in [0.2, 0.25) is 0 Å². The fraction of sp³-hybridized carbons (Fsp3) is 0.682. The maximum absolute atomic E-state index is 12.0. The molecule has 0 aliphatic carbocycles. The van der Waals surface area contributed by atoms with E-state index in [1.807, 2.05) is 18.2 Å². The zero-order valence-corrected chi connectivity index (χ0v) is 16.4. The van der Waals surface area contributed by atoms with Crippen molar-refractivity contribution in [3.63, 3.8) is 0 Å². The normalized spacial score (nSPS) is 13.6. The van der Waals surface area contributed by atoms with Gasteiger partial charge in [0.25, 0.3) is 0 Å². The van der Waals surface area contributed by atoms with Gasteiger partial charge in [0.15, 0.2) is 5.78 Å². The summed E-state index contributed by atoms with van der Waals surface area (Å²) in [7, 11) is 0. The molecule has 0 radical (unpaired) electrons. The molecule has 1 rings (SSSR count). The number of Topliss-reactive ketones (excluding diaryl/α,β-unsaturated/α-hetero) is 1. The molecule has 0 aliphatic heterocycles. The number of halogens is 1. The van der Waals surface area contributed by atoms with Crippen molar-refractivity contribution < 1.29 is 4.79 Å². The van der Waals surface area contributed by atoms with Gasteiger partial charge in [0.1, 0.15) is 4.87 Å². The van der Waals surface area contributed by atoms with Crippen molar-refractivity contribution in [3.8, 4) is 0 Å². The number of rotatable bonds is 14. The highest BCUT2D eigenvalue weighted by Crippen LogP contribution is 2.29. The zero-order valence-electron chi connectivity index (χ0n) is 15.7. The van der Waals surface area contributed by atoms with E-state index in [2.05, 4.69) is 19.1 Å². The van der Waals surface area contributed by atoms with Gasteiger partial charge in [0.05, 0.1) is 0 Å². The molecule has 1 aromatic rings. The summed E-state index contributed by atoms with van der Waals surface area (Å²) in [6.45, 7) is 3.89. The minimum Gasteiger partial charge on any atom is -0.298 e. The van der Waals surface area contributed by atoms with Gasteiger partial charge >= 0.3 is 0 Å². The number of hydrogen-bond acceptors (Lipinski definition) is 1. The summed E-state index contributed by atoms with van der Waals surface area (Å²) >= 11 is 6.67. The third kappa shape index (κ3) is 8.87. The van der Waals surface area contributed by atoms with E-state index in [-0.39, 0.29) is 5.78 Å². The maximum Gasteiger partial charge on any atom is 0.151 e. The van der Waals surface area contributed by atoms with Crippen molar-refractivity contribution in [1.29, 1.82) is 0 Å². The standard InChI is InChI=1S/C22H35ClO/c1-3-4-5-6-7-8-9-10-11-15-18-22(23,20(2)24)19-21-16-13-12-14-17-21/h12-14,16-17H,3-11,15,18-19H2,1-2H3. The highest BCUT2D eigenvalue weighted by atomic mass is 35.5. The molecular weight excluding hydrogens is 316 g/mol. The van der Waals surface area contributed by atoms with E-state index in [4.69, 9.17) is 11.6 Å². The first-order chi connectivity index (χ1) is 11.6. The van der Waals surface area contributed by atoms with Crippen LogP contribution < -0.4 is 0 Å². The average Bonchev–Trinajstić information content (AvgIpc) is 2.57. The van der Waals surface area contributed by atoms with Crippen LogP contribution in [-0.2, 0) is 11.2 Å². The van der Waals surface area contributed by atoms with Crippen LogP contribution in [0.3, 0.4) is 0 Å². The molecule has 1 aromatic carbocycles.